The van der Waals surface area contributed by atoms with Crippen molar-refractivity contribution in [1.29, 1.82) is 0 Å². The molecule has 0 aliphatic rings. The number of fused-ring (bicyclic) bond motifs is 1. The van der Waals surface area contributed by atoms with E-state index in [0.29, 0.717) is 0 Å². The molecule has 2 aromatic rings. The van der Waals surface area contributed by atoms with Crippen LogP contribution in [-0.4, -0.2) is 18.2 Å². The highest BCUT2D eigenvalue weighted by Crippen LogP contribution is 2.32. The highest BCUT2D eigenvalue weighted by atomic mass is 16.5. The molecule has 0 atom stereocenters. The lowest BCUT2D eigenvalue weighted by Crippen LogP contribution is -2.01. The topological polar surface area (TPSA) is 40.2 Å². The van der Waals surface area contributed by atoms with Gasteiger partial charge in [0.15, 0.2) is 0 Å². The molecule has 0 aliphatic heterocycles. The van der Waals surface area contributed by atoms with Crippen LogP contribution in [0.25, 0.3) is 10.9 Å². The highest BCUT2D eigenvalue weighted by Gasteiger charge is 2.14. The minimum absolute atomic E-state index is 0.736. The zero-order valence-electron chi connectivity index (χ0n) is 10.8. The number of para-hydroxylation sites is 1. The number of hydrogen-bond acceptors (Lipinski definition) is 2. The number of rotatable bonds is 4. The molecule has 2 rings (SSSR count). The maximum Gasteiger partial charge on any atom is 0.143 e. The molecule has 17 heavy (non-hydrogen) atoms. The van der Waals surface area contributed by atoms with Gasteiger partial charge in [-0.05, 0) is 37.9 Å². The molecule has 0 saturated heterocycles. The summed E-state index contributed by atoms with van der Waals surface area (Å²) in [5, 5.41) is 1.29. The number of ether oxygens (including phenoxy) is 1. The van der Waals surface area contributed by atoms with Crippen LogP contribution in [0.2, 0.25) is 0 Å². The third kappa shape index (κ3) is 1.91. The Morgan fingerprint density at radius 1 is 1.35 bits per heavy atom. The lowest BCUT2D eigenvalue weighted by molar-refractivity contribution is 0.418. The molecule has 0 spiro atoms. The molecule has 1 aromatic carbocycles. The van der Waals surface area contributed by atoms with Crippen LogP contribution in [0.5, 0.6) is 5.75 Å². The predicted octanol–water partition coefficient (Wildman–Crippen LogP) is 2.39. The van der Waals surface area contributed by atoms with Crippen LogP contribution in [0.1, 0.15) is 17.7 Å². The van der Waals surface area contributed by atoms with Crippen LogP contribution in [0.15, 0.2) is 18.2 Å². The van der Waals surface area contributed by atoms with Crippen molar-refractivity contribution in [3.8, 4) is 5.75 Å². The first-order valence-electron chi connectivity index (χ1n) is 6.01. The molecule has 0 bridgehead atoms. The molecule has 1 aromatic heterocycles. The van der Waals surface area contributed by atoms with Crippen LogP contribution in [0.3, 0.4) is 0 Å². The SMILES string of the molecule is COc1cccc2c(CCCN)c(C)n(C)c12. The molecule has 3 nitrogen and oxygen atoms in total. The van der Waals surface area contributed by atoms with Gasteiger partial charge >= 0.3 is 0 Å². The zero-order chi connectivity index (χ0) is 12.4. The molecule has 0 unspecified atom stereocenters. The second-order valence-electron chi connectivity index (χ2n) is 4.37. The molecule has 92 valence electrons. The average Bonchev–Trinajstić information content (AvgIpc) is 2.60. The molecule has 3 heteroatoms. The van der Waals surface area contributed by atoms with Crippen molar-refractivity contribution < 1.29 is 4.74 Å². The van der Waals surface area contributed by atoms with E-state index in [1.165, 1.54) is 22.2 Å². The summed E-state index contributed by atoms with van der Waals surface area (Å²) in [5.41, 5.74) is 9.48. The summed E-state index contributed by atoms with van der Waals surface area (Å²) in [6.45, 7) is 2.89. The monoisotopic (exact) mass is 232 g/mol. The lowest BCUT2D eigenvalue weighted by atomic mass is 10.1. The number of aromatic nitrogens is 1. The largest absolute Gasteiger partial charge is 0.495 e. The van der Waals surface area contributed by atoms with E-state index in [1.807, 2.05) is 12.1 Å². The molecule has 0 fully saturated rings. The van der Waals surface area contributed by atoms with E-state index in [2.05, 4.69) is 24.6 Å². The molecular weight excluding hydrogens is 212 g/mol. The van der Waals surface area contributed by atoms with Crippen molar-refractivity contribution in [2.75, 3.05) is 13.7 Å². The number of nitrogens with zero attached hydrogens (tertiary/aromatic N) is 1. The summed E-state index contributed by atoms with van der Waals surface area (Å²) >= 11 is 0. The van der Waals surface area contributed by atoms with Crippen molar-refractivity contribution in [3.05, 3.63) is 29.5 Å². The fraction of sp³-hybridized carbons (Fsp3) is 0.429. The number of methoxy groups -OCH3 is 1. The van der Waals surface area contributed by atoms with Crippen molar-refractivity contribution in [2.24, 2.45) is 12.8 Å². The third-order valence-electron chi connectivity index (χ3n) is 3.45. The van der Waals surface area contributed by atoms with Gasteiger partial charge in [0.05, 0.1) is 12.6 Å². The van der Waals surface area contributed by atoms with Crippen LogP contribution < -0.4 is 10.5 Å². The maximum atomic E-state index is 5.60. The predicted molar refractivity (Wildman–Crippen MR) is 71.6 cm³/mol. The van der Waals surface area contributed by atoms with Crippen LogP contribution in [0.4, 0.5) is 0 Å². The number of nitrogens with two attached hydrogens (primary N) is 1. The van der Waals surface area contributed by atoms with Crippen molar-refractivity contribution in [1.82, 2.24) is 4.57 Å². The summed E-state index contributed by atoms with van der Waals surface area (Å²) in [4.78, 5) is 0. The van der Waals surface area contributed by atoms with E-state index < -0.39 is 0 Å². The average molecular weight is 232 g/mol. The van der Waals surface area contributed by atoms with Crippen molar-refractivity contribution in [3.63, 3.8) is 0 Å². The Morgan fingerprint density at radius 2 is 2.12 bits per heavy atom. The first-order valence-corrected chi connectivity index (χ1v) is 6.01. The van der Waals surface area contributed by atoms with Gasteiger partial charge in [0.1, 0.15) is 5.75 Å². The standard InChI is InChI=1S/C14H20N2O/c1-10-11(7-5-9-15)12-6-4-8-13(17-3)14(12)16(10)2/h4,6,8H,5,7,9,15H2,1-3H3. The molecule has 0 radical (unpaired) electrons. The molecule has 0 saturated carbocycles. The summed E-state index contributed by atoms with van der Waals surface area (Å²) < 4.78 is 7.64. The second kappa shape index (κ2) is 4.80. The Balaban J connectivity index is 2.64. The van der Waals surface area contributed by atoms with Gasteiger partial charge < -0.3 is 15.0 Å². The minimum atomic E-state index is 0.736. The first kappa shape index (κ1) is 12.0. The Bertz CT molecular complexity index is 528. The molecule has 1 heterocycles. The van der Waals surface area contributed by atoms with Crippen molar-refractivity contribution in [2.45, 2.75) is 19.8 Å². The fourth-order valence-corrected chi connectivity index (χ4v) is 2.44. The van der Waals surface area contributed by atoms with E-state index in [9.17, 15) is 0 Å². The quantitative estimate of drug-likeness (QED) is 0.879. The van der Waals surface area contributed by atoms with Crippen molar-refractivity contribution >= 4 is 10.9 Å². The van der Waals surface area contributed by atoms with E-state index in [1.54, 1.807) is 7.11 Å². The number of aryl methyl sites for hydroxylation is 2. The van der Waals surface area contributed by atoms with Crippen LogP contribution in [0, 0.1) is 6.92 Å². The van der Waals surface area contributed by atoms with Gasteiger partial charge in [-0.2, -0.15) is 0 Å². The molecule has 0 aliphatic carbocycles. The number of benzene rings is 1. The Morgan fingerprint density at radius 3 is 2.76 bits per heavy atom. The minimum Gasteiger partial charge on any atom is -0.495 e. The van der Waals surface area contributed by atoms with E-state index in [-0.39, 0.29) is 0 Å². The number of hydrogen-bond donors (Lipinski definition) is 1. The fourth-order valence-electron chi connectivity index (χ4n) is 2.44. The van der Waals surface area contributed by atoms with E-state index in [0.717, 1.165) is 25.1 Å². The van der Waals surface area contributed by atoms with Gasteiger partial charge in [-0.1, -0.05) is 12.1 Å². The van der Waals surface area contributed by atoms with Crippen LogP contribution >= 0.6 is 0 Å². The third-order valence-corrected chi connectivity index (χ3v) is 3.45. The Hall–Kier alpha value is -1.48. The maximum absolute atomic E-state index is 5.60. The lowest BCUT2D eigenvalue weighted by Gasteiger charge is -2.04. The highest BCUT2D eigenvalue weighted by molar-refractivity contribution is 5.90. The molecular formula is C14H20N2O. The van der Waals surface area contributed by atoms with E-state index >= 15 is 0 Å². The van der Waals surface area contributed by atoms with Gasteiger partial charge in [0.2, 0.25) is 0 Å². The summed E-state index contributed by atoms with van der Waals surface area (Å²) in [7, 11) is 3.81. The van der Waals surface area contributed by atoms with E-state index in [4.69, 9.17) is 10.5 Å². The summed E-state index contributed by atoms with van der Waals surface area (Å²) in [6, 6.07) is 6.22. The van der Waals surface area contributed by atoms with Gasteiger partial charge in [0.25, 0.3) is 0 Å². The molecule has 2 N–H and O–H groups in total. The van der Waals surface area contributed by atoms with Gasteiger partial charge in [-0.15, -0.1) is 0 Å². The second-order valence-corrected chi connectivity index (χ2v) is 4.37. The van der Waals surface area contributed by atoms with Crippen LogP contribution in [-0.2, 0) is 13.5 Å². The first-order chi connectivity index (χ1) is 8.20. The summed E-state index contributed by atoms with van der Waals surface area (Å²) in [5.74, 6) is 0.937. The smallest absolute Gasteiger partial charge is 0.143 e. The van der Waals surface area contributed by atoms with Gasteiger partial charge in [-0.25, -0.2) is 0 Å². The summed E-state index contributed by atoms with van der Waals surface area (Å²) in [6.07, 6.45) is 2.06. The van der Waals surface area contributed by atoms with Gasteiger partial charge in [0, 0.05) is 18.1 Å². The molecule has 0 amide bonds. The van der Waals surface area contributed by atoms with Gasteiger partial charge in [-0.3, -0.25) is 0 Å². The Labute approximate surface area is 102 Å². The normalized spacial score (nSPS) is 11.1. The zero-order valence-corrected chi connectivity index (χ0v) is 10.8. The Kier molecular flexibility index (Phi) is 3.38.